The fourth-order valence-corrected chi connectivity index (χ4v) is 2.22. The van der Waals surface area contributed by atoms with E-state index in [-0.39, 0.29) is 24.0 Å². The molecular weight excluding hydrogens is 238 g/mol. The quantitative estimate of drug-likeness (QED) is 0.798. The highest BCUT2D eigenvalue weighted by Crippen LogP contribution is 2.22. The van der Waals surface area contributed by atoms with Gasteiger partial charge in [0.2, 0.25) is 5.76 Å². The molecule has 18 heavy (non-hydrogen) atoms. The molecule has 0 aliphatic carbocycles. The van der Waals surface area contributed by atoms with Crippen LogP contribution in [0, 0.1) is 5.92 Å². The molecule has 0 radical (unpaired) electrons. The summed E-state index contributed by atoms with van der Waals surface area (Å²) in [6, 6.07) is 0. The largest absolute Gasteiger partial charge is 0.494 e. The number of nitrogens with zero attached hydrogens (tertiary/aromatic N) is 1. The average Bonchev–Trinajstić information content (AvgIpc) is 2.39. The zero-order chi connectivity index (χ0) is 13.0. The van der Waals surface area contributed by atoms with Gasteiger partial charge in [0.1, 0.15) is 19.5 Å². The van der Waals surface area contributed by atoms with Gasteiger partial charge < -0.3 is 19.5 Å². The van der Waals surface area contributed by atoms with E-state index < -0.39 is 5.97 Å². The molecule has 2 aliphatic heterocycles. The van der Waals surface area contributed by atoms with Crippen LogP contribution in [0.3, 0.4) is 0 Å². The summed E-state index contributed by atoms with van der Waals surface area (Å²) in [5.41, 5.74) is 0. The summed E-state index contributed by atoms with van der Waals surface area (Å²) in [4.78, 5) is 24.3. The summed E-state index contributed by atoms with van der Waals surface area (Å²) in [5, 5.41) is 8.72. The van der Waals surface area contributed by atoms with Gasteiger partial charge >= 0.3 is 5.97 Å². The van der Waals surface area contributed by atoms with Crippen molar-refractivity contribution in [1.29, 1.82) is 0 Å². The molecule has 0 aromatic carbocycles. The van der Waals surface area contributed by atoms with Gasteiger partial charge in [-0.1, -0.05) is 0 Å². The molecule has 2 aliphatic rings. The predicted molar refractivity (Wildman–Crippen MR) is 61.5 cm³/mol. The number of piperidine rings is 1. The van der Waals surface area contributed by atoms with Crippen LogP contribution in [-0.2, 0) is 19.1 Å². The Morgan fingerprint density at radius 3 is 2.61 bits per heavy atom. The maximum absolute atomic E-state index is 12.0. The molecule has 0 aromatic heterocycles. The molecule has 2 rings (SSSR count). The van der Waals surface area contributed by atoms with Gasteiger partial charge in [0.15, 0.2) is 0 Å². The fraction of sp³-hybridized carbons (Fsp3) is 0.667. The number of carbonyl (C=O) groups is 2. The lowest BCUT2D eigenvalue weighted by atomic mass is 9.93. The Hall–Kier alpha value is -1.72. The summed E-state index contributed by atoms with van der Waals surface area (Å²) >= 11 is 0. The van der Waals surface area contributed by atoms with Crippen molar-refractivity contribution in [2.24, 2.45) is 5.92 Å². The first-order valence-corrected chi connectivity index (χ1v) is 6.12. The van der Waals surface area contributed by atoms with Crippen LogP contribution in [0.4, 0.5) is 0 Å². The Labute approximate surface area is 105 Å². The third-order valence-electron chi connectivity index (χ3n) is 3.22. The van der Waals surface area contributed by atoms with Crippen molar-refractivity contribution in [3.8, 4) is 0 Å². The number of aliphatic carboxylic acids is 1. The first-order chi connectivity index (χ1) is 8.66. The van der Waals surface area contributed by atoms with Crippen LogP contribution in [0.15, 0.2) is 12.0 Å². The molecule has 0 spiro atoms. The van der Waals surface area contributed by atoms with Gasteiger partial charge in [-0.25, -0.2) is 0 Å². The van der Waals surface area contributed by atoms with Crippen LogP contribution in [0.1, 0.15) is 19.3 Å². The van der Waals surface area contributed by atoms with Crippen molar-refractivity contribution >= 4 is 11.9 Å². The number of carbonyl (C=O) groups excluding carboxylic acids is 1. The van der Waals surface area contributed by atoms with Gasteiger partial charge in [0.05, 0.1) is 0 Å². The lowest BCUT2D eigenvalue weighted by Gasteiger charge is -2.32. The maximum atomic E-state index is 12.0. The number of ether oxygens (including phenoxy) is 2. The lowest BCUT2D eigenvalue weighted by Crippen LogP contribution is -2.40. The lowest BCUT2D eigenvalue weighted by molar-refractivity contribution is -0.138. The standard InChI is InChI=1S/C12H17NO5/c14-11(15)7-9-1-3-13(4-2-9)12(16)10-8-17-5-6-18-10/h8-9H,1-7H2,(H,14,15). The van der Waals surface area contributed by atoms with E-state index in [2.05, 4.69) is 0 Å². The zero-order valence-electron chi connectivity index (χ0n) is 10.1. The highest BCUT2D eigenvalue weighted by molar-refractivity contribution is 5.91. The Bertz CT molecular complexity index is 357. The first kappa shape index (κ1) is 12.7. The number of hydrogen-bond donors (Lipinski definition) is 1. The molecule has 0 atom stereocenters. The van der Waals surface area contributed by atoms with E-state index in [9.17, 15) is 9.59 Å². The molecule has 1 fully saturated rings. The highest BCUT2D eigenvalue weighted by Gasteiger charge is 2.27. The molecule has 1 N–H and O–H groups in total. The summed E-state index contributed by atoms with van der Waals surface area (Å²) < 4.78 is 10.3. The first-order valence-electron chi connectivity index (χ1n) is 6.12. The minimum atomic E-state index is -0.772. The molecular formula is C12H17NO5. The number of amides is 1. The maximum Gasteiger partial charge on any atom is 0.303 e. The summed E-state index contributed by atoms with van der Waals surface area (Å²) in [5.74, 6) is -0.517. The molecule has 6 heteroatoms. The zero-order valence-corrected chi connectivity index (χ0v) is 10.1. The minimum absolute atomic E-state index is 0.163. The van der Waals surface area contributed by atoms with E-state index >= 15 is 0 Å². The van der Waals surface area contributed by atoms with Crippen molar-refractivity contribution in [3.63, 3.8) is 0 Å². The summed E-state index contributed by atoms with van der Waals surface area (Å²) in [6.45, 7) is 2.03. The topological polar surface area (TPSA) is 76.1 Å². The van der Waals surface area contributed by atoms with Crippen LogP contribution < -0.4 is 0 Å². The number of rotatable bonds is 3. The normalized spacial score (nSPS) is 20.7. The van der Waals surface area contributed by atoms with Crippen molar-refractivity contribution in [1.82, 2.24) is 4.90 Å². The van der Waals surface area contributed by atoms with Crippen LogP contribution >= 0.6 is 0 Å². The summed E-state index contributed by atoms with van der Waals surface area (Å²) in [6.07, 6.45) is 3.00. The molecule has 1 amide bonds. The van der Waals surface area contributed by atoms with Crippen molar-refractivity contribution in [2.75, 3.05) is 26.3 Å². The SMILES string of the molecule is O=C(O)CC1CCN(C(=O)C2=COCCO2)CC1. The van der Waals surface area contributed by atoms with Crippen molar-refractivity contribution < 1.29 is 24.2 Å². The monoisotopic (exact) mass is 255 g/mol. The van der Waals surface area contributed by atoms with Crippen LogP contribution in [0.5, 0.6) is 0 Å². The van der Waals surface area contributed by atoms with Gasteiger partial charge in [-0.3, -0.25) is 9.59 Å². The molecule has 0 bridgehead atoms. The van der Waals surface area contributed by atoms with Gasteiger partial charge in [0.25, 0.3) is 5.91 Å². The second-order valence-electron chi connectivity index (χ2n) is 4.53. The summed E-state index contributed by atoms with van der Waals surface area (Å²) in [7, 11) is 0. The third-order valence-corrected chi connectivity index (χ3v) is 3.22. The Morgan fingerprint density at radius 1 is 1.33 bits per heavy atom. The number of carboxylic acid groups (broad SMARTS) is 1. The van der Waals surface area contributed by atoms with E-state index in [0.717, 1.165) is 12.8 Å². The number of likely N-dealkylation sites (tertiary alicyclic amines) is 1. The Balaban J connectivity index is 1.83. The van der Waals surface area contributed by atoms with Crippen LogP contribution in [0.2, 0.25) is 0 Å². The minimum Gasteiger partial charge on any atom is -0.494 e. The second kappa shape index (κ2) is 5.75. The smallest absolute Gasteiger partial charge is 0.303 e. The molecule has 2 heterocycles. The van der Waals surface area contributed by atoms with E-state index in [1.54, 1.807) is 4.90 Å². The second-order valence-corrected chi connectivity index (χ2v) is 4.53. The Kier molecular flexibility index (Phi) is 4.07. The van der Waals surface area contributed by atoms with Crippen molar-refractivity contribution in [3.05, 3.63) is 12.0 Å². The van der Waals surface area contributed by atoms with E-state index in [1.165, 1.54) is 6.26 Å². The Morgan fingerprint density at radius 2 is 2.06 bits per heavy atom. The number of hydrogen-bond acceptors (Lipinski definition) is 4. The van der Waals surface area contributed by atoms with E-state index in [0.29, 0.717) is 26.3 Å². The van der Waals surface area contributed by atoms with E-state index in [1.807, 2.05) is 0 Å². The predicted octanol–water partition coefficient (Wildman–Crippen LogP) is 0.588. The van der Waals surface area contributed by atoms with Crippen LogP contribution in [0.25, 0.3) is 0 Å². The van der Waals surface area contributed by atoms with E-state index in [4.69, 9.17) is 14.6 Å². The molecule has 0 unspecified atom stereocenters. The number of carboxylic acids is 1. The fourth-order valence-electron chi connectivity index (χ4n) is 2.22. The van der Waals surface area contributed by atoms with Gasteiger partial charge in [0, 0.05) is 19.5 Å². The molecule has 0 saturated carbocycles. The average molecular weight is 255 g/mol. The molecule has 1 saturated heterocycles. The van der Waals surface area contributed by atoms with Gasteiger partial charge in [-0.2, -0.15) is 0 Å². The van der Waals surface area contributed by atoms with Gasteiger partial charge in [-0.15, -0.1) is 0 Å². The third kappa shape index (κ3) is 3.15. The molecule has 100 valence electrons. The van der Waals surface area contributed by atoms with Crippen LogP contribution in [-0.4, -0.2) is 48.2 Å². The van der Waals surface area contributed by atoms with Crippen molar-refractivity contribution in [2.45, 2.75) is 19.3 Å². The highest BCUT2D eigenvalue weighted by atomic mass is 16.6. The molecule has 6 nitrogen and oxygen atoms in total. The molecule has 0 aromatic rings. The van der Waals surface area contributed by atoms with Gasteiger partial charge in [-0.05, 0) is 18.8 Å².